The van der Waals surface area contributed by atoms with Crippen LogP contribution in [-0.4, -0.2) is 86.6 Å². The van der Waals surface area contributed by atoms with Crippen LogP contribution >= 0.6 is 11.6 Å². The van der Waals surface area contributed by atoms with E-state index in [0.717, 1.165) is 38.5 Å². The predicted molar refractivity (Wildman–Crippen MR) is 160 cm³/mol. The van der Waals surface area contributed by atoms with Crippen LogP contribution in [0.25, 0.3) is 0 Å². The van der Waals surface area contributed by atoms with E-state index in [1.165, 1.54) is 28.0 Å². The van der Waals surface area contributed by atoms with Crippen molar-refractivity contribution >= 4 is 29.1 Å². The quantitative estimate of drug-likeness (QED) is 0.323. The van der Waals surface area contributed by atoms with Crippen molar-refractivity contribution in [3.05, 3.63) is 77.3 Å². The summed E-state index contributed by atoms with van der Waals surface area (Å²) >= 11 is 6.41. The topological polar surface area (TPSA) is 62.3 Å². The third-order valence-corrected chi connectivity index (χ3v) is 8.34. The minimum atomic E-state index is -3.47. The Morgan fingerprint density at radius 2 is 1.62 bits per heavy atom. The first-order chi connectivity index (χ1) is 20.0. The van der Waals surface area contributed by atoms with Crippen molar-refractivity contribution in [3.63, 3.8) is 0 Å². The van der Waals surface area contributed by atoms with Crippen LogP contribution in [0.3, 0.4) is 0 Å². The third-order valence-electron chi connectivity index (χ3n) is 8.03. The molecule has 1 atom stereocenters. The van der Waals surface area contributed by atoms with E-state index in [1.54, 1.807) is 38.4 Å². The first-order valence-corrected chi connectivity index (χ1v) is 14.7. The molecular formula is C32H40ClF2N3O4. The Morgan fingerprint density at radius 3 is 2.14 bits per heavy atom. The molecule has 7 nitrogen and oxygen atoms in total. The van der Waals surface area contributed by atoms with E-state index in [4.69, 9.17) is 21.1 Å². The second kappa shape index (κ2) is 13.5. The number of halogens is 3. The molecule has 0 saturated carbocycles. The number of likely N-dealkylation sites (tertiary alicyclic amines) is 1. The standard InChI is InChI=1S/C32H40ClF2N3O4/c1-5-21-41-32(31(2,34)35,23-9-7-6-8-10-23)30(40)38-19-15-26(16-20-38)42-25-13-17-37(18-14-25)24-11-12-27(28(33)22-24)29(39)36(3)4/h5-12,22,25-26H,1,13-21H2,2-4H3/t32-/m1/s1. The molecule has 0 aliphatic carbocycles. The van der Waals surface area contributed by atoms with Gasteiger partial charge in [0.15, 0.2) is 0 Å². The van der Waals surface area contributed by atoms with Gasteiger partial charge in [-0.25, -0.2) is 8.78 Å². The molecule has 4 rings (SSSR count). The van der Waals surface area contributed by atoms with Crippen molar-refractivity contribution in [1.29, 1.82) is 0 Å². The number of amides is 2. The van der Waals surface area contributed by atoms with E-state index in [-0.39, 0.29) is 30.3 Å². The van der Waals surface area contributed by atoms with Crippen LogP contribution < -0.4 is 4.90 Å². The molecule has 2 saturated heterocycles. The molecule has 10 heteroatoms. The monoisotopic (exact) mass is 603 g/mol. The number of alkyl halides is 2. The van der Waals surface area contributed by atoms with Gasteiger partial charge in [0.2, 0.25) is 5.60 Å². The Bertz CT molecular complexity index is 1240. The van der Waals surface area contributed by atoms with Gasteiger partial charge < -0.3 is 24.2 Å². The largest absolute Gasteiger partial charge is 0.375 e. The molecule has 2 aliphatic heterocycles. The van der Waals surface area contributed by atoms with E-state index < -0.39 is 17.4 Å². The van der Waals surface area contributed by atoms with Gasteiger partial charge >= 0.3 is 0 Å². The van der Waals surface area contributed by atoms with Crippen molar-refractivity contribution in [1.82, 2.24) is 9.80 Å². The molecule has 2 heterocycles. The van der Waals surface area contributed by atoms with E-state index >= 15 is 8.78 Å². The number of hydrogen-bond acceptors (Lipinski definition) is 5. The molecular weight excluding hydrogens is 564 g/mol. The highest BCUT2D eigenvalue weighted by Crippen LogP contribution is 2.43. The number of carbonyl (C=O) groups is 2. The smallest absolute Gasteiger partial charge is 0.287 e. The van der Waals surface area contributed by atoms with Crippen molar-refractivity contribution in [2.75, 3.05) is 51.8 Å². The molecule has 2 amide bonds. The summed E-state index contributed by atoms with van der Waals surface area (Å²) < 4.78 is 42.6. The maximum atomic E-state index is 15.2. The molecule has 2 fully saturated rings. The molecule has 0 aromatic heterocycles. The maximum absolute atomic E-state index is 15.2. The van der Waals surface area contributed by atoms with Gasteiger partial charge in [-0.3, -0.25) is 9.59 Å². The number of carbonyl (C=O) groups excluding carboxylic acids is 2. The highest BCUT2D eigenvalue weighted by Gasteiger charge is 2.60. The number of piperidine rings is 2. The van der Waals surface area contributed by atoms with Gasteiger partial charge in [-0.1, -0.05) is 48.0 Å². The molecule has 0 N–H and O–H groups in total. The Balaban J connectivity index is 1.34. The van der Waals surface area contributed by atoms with E-state index in [0.29, 0.717) is 36.5 Å². The van der Waals surface area contributed by atoms with Gasteiger partial charge in [0.1, 0.15) is 0 Å². The number of benzene rings is 2. The highest BCUT2D eigenvalue weighted by atomic mass is 35.5. The Morgan fingerprint density at radius 1 is 1.02 bits per heavy atom. The molecule has 2 aromatic rings. The zero-order valence-corrected chi connectivity index (χ0v) is 25.3. The summed E-state index contributed by atoms with van der Waals surface area (Å²) in [5.74, 6) is -4.35. The third kappa shape index (κ3) is 6.79. The number of ether oxygens (including phenoxy) is 2. The lowest BCUT2D eigenvalue weighted by molar-refractivity contribution is -0.215. The maximum Gasteiger partial charge on any atom is 0.287 e. The Hall–Kier alpha value is -3.01. The zero-order chi connectivity index (χ0) is 30.5. The summed E-state index contributed by atoms with van der Waals surface area (Å²) in [7, 11) is 3.39. The fourth-order valence-electron chi connectivity index (χ4n) is 5.75. The van der Waals surface area contributed by atoms with Crippen molar-refractivity contribution in [2.45, 2.75) is 56.3 Å². The number of hydrogen-bond donors (Lipinski definition) is 0. The summed E-state index contributed by atoms with van der Waals surface area (Å²) in [5, 5.41) is 0.429. The summed E-state index contributed by atoms with van der Waals surface area (Å²) in [6.45, 7) is 6.31. The van der Waals surface area contributed by atoms with Crippen LogP contribution in [0.4, 0.5) is 14.5 Å². The fourth-order valence-corrected chi connectivity index (χ4v) is 6.00. The van der Waals surface area contributed by atoms with Crippen LogP contribution in [0.15, 0.2) is 61.2 Å². The number of anilines is 1. The molecule has 228 valence electrons. The van der Waals surface area contributed by atoms with Crippen LogP contribution in [0.5, 0.6) is 0 Å². The van der Waals surface area contributed by atoms with Gasteiger partial charge in [-0.15, -0.1) is 6.58 Å². The predicted octanol–water partition coefficient (Wildman–Crippen LogP) is 5.77. The van der Waals surface area contributed by atoms with Gasteiger partial charge in [0.25, 0.3) is 17.7 Å². The number of rotatable bonds is 10. The molecule has 2 aliphatic rings. The van der Waals surface area contributed by atoms with Gasteiger partial charge in [0.05, 0.1) is 29.4 Å². The van der Waals surface area contributed by atoms with Crippen molar-refractivity contribution < 1.29 is 27.8 Å². The second-order valence-electron chi connectivity index (χ2n) is 11.2. The van der Waals surface area contributed by atoms with Gasteiger partial charge in [-0.2, -0.15) is 0 Å². The Kier molecular flexibility index (Phi) is 10.3. The number of nitrogens with zero attached hydrogens (tertiary/aromatic N) is 3. The summed E-state index contributed by atoms with van der Waals surface area (Å²) in [6.07, 6.45) is 4.15. The van der Waals surface area contributed by atoms with Crippen LogP contribution in [0.1, 0.15) is 48.5 Å². The lowest BCUT2D eigenvalue weighted by Crippen LogP contribution is -2.59. The summed E-state index contributed by atoms with van der Waals surface area (Å²) in [6, 6.07) is 13.5. The minimum absolute atomic E-state index is 0.0567. The minimum Gasteiger partial charge on any atom is -0.375 e. The lowest BCUT2D eigenvalue weighted by atomic mass is 9.85. The zero-order valence-electron chi connectivity index (χ0n) is 24.5. The molecule has 0 bridgehead atoms. The fraction of sp³-hybridized carbons (Fsp3) is 0.500. The summed E-state index contributed by atoms with van der Waals surface area (Å²) in [4.78, 5) is 31.3. The first-order valence-electron chi connectivity index (χ1n) is 14.4. The van der Waals surface area contributed by atoms with Crippen LogP contribution in [0.2, 0.25) is 5.02 Å². The average molecular weight is 604 g/mol. The van der Waals surface area contributed by atoms with Crippen molar-refractivity contribution in [3.8, 4) is 0 Å². The second-order valence-corrected chi connectivity index (χ2v) is 11.6. The molecule has 0 radical (unpaired) electrons. The lowest BCUT2D eigenvalue weighted by Gasteiger charge is -2.43. The Labute approximate surface area is 252 Å². The molecule has 2 aromatic carbocycles. The first kappa shape index (κ1) is 31.9. The molecule has 42 heavy (non-hydrogen) atoms. The summed E-state index contributed by atoms with van der Waals surface area (Å²) in [5.41, 5.74) is -0.878. The van der Waals surface area contributed by atoms with Crippen LogP contribution in [0, 0.1) is 0 Å². The van der Waals surface area contributed by atoms with Gasteiger partial charge in [-0.05, 0) is 49.4 Å². The van der Waals surface area contributed by atoms with E-state index in [9.17, 15) is 9.59 Å². The SMILES string of the molecule is C=CCO[C@@](C(=O)N1CCC(OC2CCN(c3ccc(C(=O)N(C)C)c(Cl)c3)CC2)CC1)(c1ccccc1)C(C)(F)F. The van der Waals surface area contributed by atoms with E-state index in [1.807, 2.05) is 12.1 Å². The van der Waals surface area contributed by atoms with Crippen LogP contribution in [-0.2, 0) is 19.9 Å². The molecule has 0 spiro atoms. The van der Waals surface area contributed by atoms with E-state index in [2.05, 4.69) is 11.5 Å². The highest BCUT2D eigenvalue weighted by molar-refractivity contribution is 6.34. The normalized spacial score (nSPS) is 18.4. The van der Waals surface area contributed by atoms with Crippen molar-refractivity contribution in [2.24, 2.45) is 0 Å². The average Bonchev–Trinajstić information content (AvgIpc) is 2.97. The van der Waals surface area contributed by atoms with Gasteiger partial charge in [0, 0.05) is 52.9 Å². The molecule has 0 unspecified atom stereocenters.